The summed E-state index contributed by atoms with van der Waals surface area (Å²) in [7, 11) is 2.09. The van der Waals surface area contributed by atoms with Crippen LogP contribution in [0.5, 0.6) is 0 Å². The predicted octanol–water partition coefficient (Wildman–Crippen LogP) is 4.86. The fourth-order valence-electron chi connectivity index (χ4n) is 4.17. The lowest BCUT2D eigenvalue weighted by atomic mass is 10.1. The number of rotatable bonds is 3. The molecule has 8 heteroatoms. The number of alkyl halides is 3. The first kappa shape index (κ1) is 20.5. The van der Waals surface area contributed by atoms with Crippen molar-refractivity contribution in [1.82, 2.24) is 19.4 Å². The van der Waals surface area contributed by atoms with Gasteiger partial charge in [0, 0.05) is 43.6 Å². The predicted molar refractivity (Wildman–Crippen MR) is 119 cm³/mol. The van der Waals surface area contributed by atoms with Crippen molar-refractivity contribution in [2.75, 3.05) is 38.1 Å². The number of halogens is 3. The summed E-state index contributed by atoms with van der Waals surface area (Å²) in [4.78, 5) is 13.6. The van der Waals surface area contributed by atoms with Crippen LogP contribution >= 0.6 is 0 Å². The van der Waals surface area contributed by atoms with E-state index >= 15 is 0 Å². The molecule has 2 aromatic heterocycles. The number of hydrogen-bond acceptors (Lipinski definition) is 4. The second-order valence-corrected chi connectivity index (χ2v) is 8.01. The zero-order valence-electron chi connectivity index (χ0n) is 17.5. The lowest BCUT2D eigenvalue weighted by molar-refractivity contribution is -0.137. The number of anilines is 1. The Morgan fingerprint density at radius 2 is 1.62 bits per heavy atom. The van der Waals surface area contributed by atoms with E-state index in [4.69, 9.17) is 0 Å². The Morgan fingerprint density at radius 3 is 2.34 bits per heavy atom. The molecule has 5 rings (SSSR count). The van der Waals surface area contributed by atoms with Crippen LogP contribution in [0.4, 0.5) is 19.0 Å². The maximum absolute atomic E-state index is 13.4. The number of nitrogens with zero attached hydrogens (tertiary/aromatic N) is 5. The van der Waals surface area contributed by atoms with Gasteiger partial charge in [-0.3, -0.25) is 0 Å². The van der Waals surface area contributed by atoms with E-state index in [1.165, 1.54) is 12.4 Å². The minimum Gasteiger partial charge on any atom is -0.353 e. The van der Waals surface area contributed by atoms with Gasteiger partial charge in [0.2, 0.25) is 0 Å². The van der Waals surface area contributed by atoms with Gasteiger partial charge in [-0.2, -0.15) is 13.2 Å². The Labute approximate surface area is 183 Å². The molecule has 0 N–H and O–H groups in total. The summed E-state index contributed by atoms with van der Waals surface area (Å²) < 4.78 is 41.8. The SMILES string of the molecule is CN1CCN(c2ncnc3c2c(-c2ccccc2)cn3-c2cccc(C(F)(F)F)c2)CC1. The van der Waals surface area contributed by atoms with Gasteiger partial charge in [0.15, 0.2) is 5.65 Å². The Balaban J connectivity index is 1.73. The highest BCUT2D eigenvalue weighted by Gasteiger charge is 2.31. The standard InChI is InChI=1S/C24H22F3N5/c1-30-10-12-31(13-11-30)22-21-20(17-6-3-2-4-7-17)15-32(23(21)29-16-28-22)19-9-5-8-18(14-19)24(25,26)27/h2-9,14-16H,10-13H2,1H3. The fraction of sp³-hybridized carbons (Fsp3) is 0.250. The van der Waals surface area contributed by atoms with E-state index in [1.54, 1.807) is 10.6 Å². The van der Waals surface area contributed by atoms with Crippen molar-refractivity contribution in [3.05, 3.63) is 72.7 Å². The van der Waals surface area contributed by atoms with E-state index in [1.807, 2.05) is 36.5 Å². The Hall–Kier alpha value is -3.39. The van der Waals surface area contributed by atoms with Gasteiger partial charge >= 0.3 is 6.18 Å². The molecule has 5 nitrogen and oxygen atoms in total. The smallest absolute Gasteiger partial charge is 0.353 e. The van der Waals surface area contributed by atoms with Gasteiger partial charge in [0.05, 0.1) is 10.9 Å². The van der Waals surface area contributed by atoms with Gasteiger partial charge in [-0.15, -0.1) is 0 Å². The van der Waals surface area contributed by atoms with Gasteiger partial charge in [0.25, 0.3) is 0 Å². The molecule has 0 spiro atoms. The molecule has 1 saturated heterocycles. The van der Waals surface area contributed by atoms with Crippen molar-refractivity contribution in [3.8, 4) is 16.8 Å². The first-order valence-electron chi connectivity index (χ1n) is 10.4. The van der Waals surface area contributed by atoms with Crippen molar-refractivity contribution in [2.24, 2.45) is 0 Å². The van der Waals surface area contributed by atoms with Gasteiger partial charge in [-0.05, 0) is 30.8 Å². The minimum absolute atomic E-state index is 0.412. The summed E-state index contributed by atoms with van der Waals surface area (Å²) in [6.07, 6.45) is -1.06. The van der Waals surface area contributed by atoms with Crippen molar-refractivity contribution in [2.45, 2.75) is 6.18 Å². The average molecular weight is 437 g/mol. The highest BCUT2D eigenvalue weighted by atomic mass is 19.4. The van der Waals surface area contributed by atoms with Crippen molar-refractivity contribution < 1.29 is 13.2 Å². The van der Waals surface area contributed by atoms with Crippen LogP contribution in [0.15, 0.2) is 67.1 Å². The van der Waals surface area contributed by atoms with Crippen molar-refractivity contribution in [3.63, 3.8) is 0 Å². The summed E-state index contributed by atoms with van der Waals surface area (Å²) in [6.45, 7) is 3.48. The molecule has 164 valence electrons. The zero-order valence-corrected chi connectivity index (χ0v) is 17.5. The van der Waals surface area contributed by atoms with Gasteiger partial charge in [0.1, 0.15) is 12.1 Å². The van der Waals surface area contributed by atoms with E-state index in [2.05, 4.69) is 26.8 Å². The van der Waals surface area contributed by atoms with Gasteiger partial charge in [-0.25, -0.2) is 9.97 Å². The highest BCUT2D eigenvalue weighted by Crippen LogP contribution is 2.38. The third-order valence-corrected chi connectivity index (χ3v) is 5.90. The molecule has 1 aliphatic rings. The van der Waals surface area contributed by atoms with Crippen LogP contribution in [0.2, 0.25) is 0 Å². The minimum atomic E-state index is -4.42. The van der Waals surface area contributed by atoms with Crippen molar-refractivity contribution in [1.29, 1.82) is 0 Å². The van der Waals surface area contributed by atoms with Gasteiger partial charge in [-0.1, -0.05) is 36.4 Å². The fourth-order valence-corrected chi connectivity index (χ4v) is 4.17. The Morgan fingerprint density at radius 1 is 0.875 bits per heavy atom. The zero-order chi connectivity index (χ0) is 22.3. The quantitative estimate of drug-likeness (QED) is 0.459. The molecular weight excluding hydrogens is 415 g/mol. The van der Waals surface area contributed by atoms with E-state index in [0.29, 0.717) is 11.3 Å². The molecule has 0 atom stereocenters. The number of piperazine rings is 1. The molecule has 0 amide bonds. The van der Waals surface area contributed by atoms with Crippen LogP contribution in [-0.2, 0) is 6.18 Å². The van der Waals surface area contributed by atoms with E-state index in [-0.39, 0.29) is 0 Å². The second kappa shape index (κ2) is 7.94. The molecule has 0 radical (unpaired) electrons. The van der Waals surface area contributed by atoms with Crippen LogP contribution in [0.25, 0.3) is 27.8 Å². The number of fused-ring (bicyclic) bond motifs is 1. The normalized spacial score (nSPS) is 15.4. The van der Waals surface area contributed by atoms with Crippen LogP contribution in [0.1, 0.15) is 5.56 Å². The third kappa shape index (κ3) is 3.71. The molecule has 2 aromatic carbocycles. The van der Waals surface area contributed by atoms with Crippen LogP contribution in [0, 0.1) is 0 Å². The van der Waals surface area contributed by atoms with Crippen molar-refractivity contribution >= 4 is 16.9 Å². The van der Waals surface area contributed by atoms with Crippen LogP contribution < -0.4 is 4.90 Å². The summed E-state index contributed by atoms with van der Waals surface area (Å²) in [5.74, 6) is 0.813. The molecule has 1 aliphatic heterocycles. The molecule has 0 saturated carbocycles. The number of aromatic nitrogens is 3. The molecule has 0 bridgehead atoms. The first-order valence-corrected chi connectivity index (χ1v) is 10.4. The molecule has 0 aliphatic carbocycles. The molecule has 3 heterocycles. The molecule has 4 aromatic rings. The average Bonchev–Trinajstić information content (AvgIpc) is 3.20. The molecule has 32 heavy (non-hydrogen) atoms. The monoisotopic (exact) mass is 437 g/mol. The Bertz CT molecular complexity index is 1240. The summed E-state index contributed by atoms with van der Waals surface area (Å²) in [5, 5.41) is 0.848. The van der Waals surface area contributed by atoms with E-state index < -0.39 is 11.7 Å². The lowest BCUT2D eigenvalue weighted by Gasteiger charge is -2.33. The summed E-state index contributed by atoms with van der Waals surface area (Å²) in [5.41, 5.74) is 2.18. The maximum Gasteiger partial charge on any atom is 0.416 e. The first-order chi connectivity index (χ1) is 15.4. The van der Waals surface area contributed by atoms with E-state index in [0.717, 1.165) is 60.6 Å². The maximum atomic E-state index is 13.4. The molecule has 1 fully saturated rings. The molecule has 0 unspecified atom stereocenters. The van der Waals surface area contributed by atoms with Crippen LogP contribution in [-0.4, -0.2) is 52.7 Å². The number of hydrogen-bond donors (Lipinski definition) is 0. The highest BCUT2D eigenvalue weighted by molar-refractivity contribution is 6.02. The van der Waals surface area contributed by atoms with E-state index in [9.17, 15) is 13.2 Å². The molecular formula is C24H22F3N5. The largest absolute Gasteiger partial charge is 0.416 e. The van der Waals surface area contributed by atoms with Crippen LogP contribution in [0.3, 0.4) is 0 Å². The van der Waals surface area contributed by atoms with Gasteiger partial charge < -0.3 is 14.4 Å². The summed E-state index contributed by atoms with van der Waals surface area (Å²) >= 11 is 0. The number of likely N-dealkylation sites (N-methyl/N-ethyl adjacent to an activating group) is 1. The lowest BCUT2D eigenvalue weighted by Crippen LogP contribution is -2.44. The second-order valence-electron chi connectivity index (χ2n) is 8.01. The summed E-state index contributed by atoms with van der Waals surface area (Å²) in [6, 6.07) is 15.1. The topological polar surface area (TPSA) is 37.2 Å². The number of benzene rings is 2. The third-order valence-electron chi connectivity index (χ3n) is 5.90. The Kier molecular flexibility index (Phi) is 5.09.